The molecule has 1 aliphatic heterocycles. The molecule has 0 unspecified atom stereocenters. The third-order valence-electron chi connectivity index (χ3n) is 4.19. The van der Waals surface area contributed by atoms with Crippen LogP contribution in [0.3, 0.4) is 0 Å². The van der Waals surface area contributed by atoms with Gasteiger partial charge in [0.2, 0.25) is 5.91 Å². The second-order valence-electron chi connectivity index (χ2n) is 6.14. The molecular weight excluding hydrogens is 298 g/mol. The van der Waals surface area contributed by atoms with Crippen molar-refractivity contribution in [2.45, 2.75) is 39.2 Å². The number of H-pyrrole nitrogens is 1. The fraction of sp³-hybridized carbons (Fsp3) is 0.412. The molecule has 5 heteroatoms. The zero-order chi connectivity index (χ0) is 15.9. The van der Waals surface area contributed by atoms with Gasteiger partial charge in [-0.15, -0.1) is 0 Å². The van der Waals surface area contributed by atoms with Gasteiger partial charge in [0.1, 0.15) is 5.82 Å². The van der Waals surface area contributed by atoms with Crippen molar-refractivity contribution in [2.75, 3.05) is 6.54 Å². The highest BCUT2D eigenvalue weighted by Crippen LogP contribution is 2.31. The lowest BCUT2D eigenvalue weighted by atomic mass is 10.1. The molecule has 1 fully saturated rings. The summed E-state index contributed by atoms with van der Waals surface area (Å²) in [5.74, 6) is 1.26. The predicted molar refractivity (Wildman–Crippen MR) is 88.0 cm³/mol. The van der Waals surface area contributed by atoms with Crippen LogP contribution in [0.25, 0.3) is 11.3 Å². The van der Waals surface area contributed by atoms with Crippen molar-refractivity contribution in [3.8, 4) is 11.3 Å². The van der Waals surface area contributed by atoms with Crippen LogP contribution in [0.2, 0.25) is 5.02 Å². The summed E-state index contributed by atoms with van der Waals surface area (Å²) in [5.41, 5.74) is 2.99. The van der Waals surface area contributed by atoms with Crippen LogP contribution in [-0.2, 0) is 4.79 Å². The first kappa shape index (κ1) is 15.1. The number of aryl methyl sites for hydroxylation is 1. The molecule has 2 aromatic rings. The SMILES string of the molecule is Cc1[nH]c([C@H]2CC(=O)N(C(C)C)C2)nc1-c1ccc(Cl)cc1. The van der Waals surface area contributed by atoms with Crippen LogP contribution in [0.4, 0.5) is 0 Å². The van der Waals surface area contributed by atoms with Gasteiger partial charge in [-0.05, 0) is 32.9 Å². The van der Waals surface area contributed by atoms with Gasteiger partial charge in [0, 0.05) is 41.2 Å². The van der Waals surface area contributed by atoms with Gasteiger partial charge < -0.3 is 9.88 Å². The molecule has 0 spiro atoms. The van der Waals surface area contributed by atoms with Crippen molar-refractivity contribution < 1.29 is 4.79 Å². The summed E-state index contributed by atoms with van der Waals surface area (Å²) in [6.07, 6.45) is 0.533. The van der Waals surface area contributed by atoms with Gasteiger partial charge in [-0.1, -0.05) is 23.7 Å². The molecule has 1 aromatic heterocycles. The average Bonchev–Trinajstić information content (AvgIpc) is 3.03. The van der Waals surface area contributed by atoms with E-state index in [9.17, 15) is 4.79 Å². The minimum atomic E-state index is 0.148. The van der Waals surface area contributed by atoms with E-state index in [1.807, 2.05) is 49.9 Å². The molecule has 1 amide bonds. The Hall–Kier alpha value is -1.81. The summed E-state index contributed by atoms with van der Waals surface area (Å²) in [6, 6.07) is 7.91. The smallest absolute Gasteiger partial charge is 0.223 e. The van der Waals surface area contributed by atoms with Crippen molar-refractivity contribution >= 4 is 17.5 Å². The summed E-state index contributed by atoms with van der Waals surface area (Å²) >= 11 is 5.94. The van der Waals surface area contributed by atoms with Gasteiger partial charge in [0.15, 0.2) is 0 Å². The number of amides is 1. The molecule has 3 rings (SSSR count). The van der Waals surface area contributed by atoms with Crippen molar-refractivity contribution in [1.29, 1.82) is 0 Å². The topological polar surface area (TPSA) is 49.0 Å². The van der Waals surface area contributed by atoms with Crippen LogP contribution in [0, 0.1) is 6.92 Å². The van der Waals surface area contributed by atoms with E-state index in [-0.39, 0.29) is 17.9 Å². The van der Waals surface area contributed by atoms with E-state index in [1.165, 1.54) is 0 Å². The van der Waals surface area contributed by atoms with E-state index >= 15 is 0 Å². The second kappa shape index (κ2) is 5.76. The van der Waals surface area contributed by atoms with Gasteiger partial charge in [-0.2, -0.15) is 0 Å². The Morgan fingerprint density at radius 3 is 2.59 bits per heavy atom. The molecule has 0 bridgehead atoms. The lowest BCUT2D eigenvalue weighted by Gasteiger charge is -2.20. The van der Waals surface area contributed by atoms with Crippen LogP contribution in [-0.4, -0.2) is 33.4 Å². The van der Waals surface area contributed by atoms with Crippen LogP contribution in [0.5, 0.6) is 0 Å². The number of nitrogens with zero attached hydrogens (tertiary/aromatic N) is 2. The number of aromatic nitrogens is 2. The fourth-order valence-electron chi connectivity index (χ4n) is 2.98. The summed E-state index contributed by atoms with van der Waals surface area (Å²) in [6.45, 7) is 6.85. The Kier molecular flexibility index (Phi) is 3.96. The number of halogens is 1. The van der Waals surface area contributed by atoms with Gasteiger partial charge in [-0.25, -0.2) is 4.98 Å². The van der Waals surface area contributed by atoms with Crippen LogP contribution in [0.15, 0.2) is 24.3 Å². The van der Waals surface area contributed by atoms with Crippen molar-refractivity contribution in [1.82, 2.24) is 14.9 Å². The first-order valence-corrected chi connectivity index (χ1v) is 7.95. The van der Waals surface area contributed by atoms with E-state index in [0.29, 0.717) is 11.4 Å². The zero-order valence-electron chi connectivity index (χ0n) is 13.1. The fourth-order valence-corrected chi connectivity index (χ4v) is 3.11. The predicted octanol–water partition coefficient (Wildman–Crippen LogP) is 3.76. The molecule has 4 nitrogen and oxygen atoms in total. The van der Waals surface area contributed by atoms with E-state index in [0.717, 1.165) is 29.3 Å². The number of aromatic amines is 1. The normalized spacial score (nSPS) is 18.5. The Balaban J connectivity index is 1.87. The molecule has 2 heterocycles. The lowest BCUT2D eigenvalue weighted by molar-refractivity contribution is -0.129. The van der Waals surface area contributed by atoms with Crippen LogP contribution in [0.1, 0.15) is 37.7 Å². The number of hydrogen-bond donors (Lipinski definition) is 1. The number of rotatable bonds is 3. The summed E-state index contributed by atoms with van der Waals surface area (Å²) in [4.78, 5) is 22.1. The molecule has 116 valence electrons. The maximum atomic E-state index is 12.1. The quantitative estimate of drug-likeness (QED) is 0.937. The molecule has 1 N–H and O–H groups in total. The molecule has 0 radical (unpaired) electrons. The Bertz CT molecular complexity index is 690. The molecule has 22 heavy (non-hydrogen) atoms. The van der Waals surface area contributed by atoms with E-state index in [1.54, 1.807) is 0 Å². The minimum Gasteiger partial charge on any atom is -0.345 e. The number of carbonyl (C=O) groups excluding carboxylic acids is 1. The highest BCUT2D eigenvalue weighted by atomic mass is 35.5. The summed E-state index contributed by atoms with van der Waals surface area (Å²) < 4.78 is 0. The standard InChI is InChI=1S/C17H20ClN3O/c1-10(2)21-9-13(8-15(21)22)17-19-11(3)16(20-17)12-4-6-14(18)7-5-12/h4-7,10,13H,8-9H2,1-3H3,(H,19,20)/t13-/m0/s1. The van der Waals surface area contributed by atoms with Crippen LogP contribution < -0.4 is 0 Å². The lowest BCUT2D eigenvalue weighted by Crippen LogP contribution is -2.31. The van der Waals surface area contributed by atoms with E-state index < -0.39 is 0 Å². The van der Waals surface area contributed by atoms with Gasteiger partial charge in [0.25, 0.3) is 0 Å². The number of benzene rings is 1. The summed E-state index contributed by atoms with van der Waals surface area (Å²) in [7, 11) is 0. The average molecular weight is 318 g/mol. The van der Waals surface area contributed by atoms with Crippen molar-refractivity contribution in [3.63, 3.8) is 0 Å². The number of imidazole rings is 1. The molecule has 0 saturated carbocycles. The zero-order valence-corrected chi connectivity index (χ0v) is 13.8. The molecular formula is C17H20ClN3O. The second-order valence-corrected chi connectivity index (χ2v) is 6.58. The molecule has 1 aliphatic rings. The molecule has 0 aliphatic carbocycles. The van der Waals surface area contributed by atoms with Gasteiger partial charge in [0.05, 0.1) is 5.69 Å². The van der Waals surface area contributed by atoms with Crippen LogP contribution >= 0.6 is 11.6 Å². The largest absolute Gasteiger partial charge is 0.345 e. The molecule has 1 saturated heterocycles. The van der Waals surface area contributed by atoms with Gasteiger partial charge in [-0.3, -0.25) is 4.79 Å². The number of nitrogens with one attached hydrogen (secondary N) is 1. The third-order valence-corrected chi connectivity index (χ3v) is 4.44. The first-order chi connectivity index (χ1) is 10.5. The number of carbonyl (C=O) groups is 1. The van der Waals surface area contributed by atoms with Gasteiger partial charge >= 0.3 is 0 Å². The van der Waals surface area contributed by atoms with E-state index in [4.69, 9.17) is 16.6 Å². The van der Waals surface area contributed by atoms with E-state index in [2.05, 4.69) is 4.98 Å². The Morgan fingerprint density at radius 1 is 1.32 bits per heavy atom. The molecule has 1 atom stereocenters. The number of hydrogen-bond acceptors (Lipinski definition) is 2. The highest BCUT2D eigenvalue weighted by Gasteiger charge is 2.34. The number of likely N-dealkylation sites (tertiary alicyclic amines) is 1. The van der Waals surface area contributed by atoms with Crippen molar-refractivity contribution in [3.05, 3.63) is 40.8 Å². The summed E-state index contributed by atoms with van der Waals surface area (Å²) in [5, 5.41) is 0.714. The monoisotopic (exact) mass is 317 g/mol. The highest BCUT2D eigenvalue weighted by molar-refractivity contribution is 6.30. The minimum absolute atomic E-state index is 0.148. The molecule has 1 aromatic carbocycles. The first-order valence-electron chi connectivity index (χ1n) is 7.57. The Morgan fingerprint density at radius 2 is 2.00 bits per heavy atom. The maximum absolute atomic E-state index is 12.1. The maximum Gasteiger partial charge on any atom is 0.223 e. The van der Waals surface area contributed by atoms with Crippen molar-refractivity contribution in [2.24, 2.45) is 0 Å². The third kappa shape index (κ3) is 2.75. The Labute approximate surface area is 135 Å².